The standard InChI is InChI=1S/C18H23N5O2/c1-3-25-18(24)23-11-9-22(10-12-23)17-13-16(19-14-20-17)21(2)15-7-5-4-6-8-15/h4-8,13-14H,3,9-12H2,1-2H3. The molecule has 0 radical (unpaired) electrons. The minimum absolute atomic E-state index is 0.241. The van der Waals surface area contributed by atoms with Crippen molar-refractivity contribution in [2.24, 2.45) is 0 Å². The van der Waals surface area contributed by atoms with Gasteiger partial charge in [0, 0.05) is 45.0 Å². The van der Waals surface area contributed by atoms with Crippen LogP contribution in [0.25, 0.3) is 0 Å². The zero-order chi connectivity index (χ0) is 17.6. The van der Waals surface area contributed by atoms with E-state index in [0.717, 1.165) is 30.4 Å². The summed E-state index contributed by atoms with van der Waals surface area (Å²) in [6.45, 7) is 4.94. The molecule has 1 aliphatic rings. The summed E-state index contributed by atoms with van der Waals surface area (Å²) in [4.78, 5) is 26.5. The third-order valence-corrected chi connectivity index (χ3v) is 4.26. The molecule has 0 aliphatic carbocycles. The lowest BCUT2D eigenvalue weighted by molar-refractivity contribution is 0.105. The lowest BCUT2D eigenvalue weighted by atomic mass is 10.3. The Morgan fingerprint density at radius 2 is 1.88 bits per heavy atom. The van der Waals surface area contributed by atoms with Gasteiger partial charge in [-0.2, -0.15) is 0 Å². The van der Waals surface area contributed by atoms with Crippen molar-refractivity contribution >= 4 is 23.4 Å². The number of ether oxygens (including phenoxy) is 1. The summed E-state index contributed by atoms with van der Waals surface area (Å²) in [7, 11) is 1.99. The SMILES string of the molecule is CCOC(=O)N1CCN(c2cc(N(C)c3ccccc3)ncn2)CC1. The second-order valence-corrected chi connectivity index (χ2v) is 5.80. The molecule has 0 N–H and O–H groups in total. The molecule has 1 aromatic carbocycles. The van der Waals surface area contributed by atoms with Crippen molar-refractivity contribution in [3.63, 3.8) is 0 Å². The van der Waals surface area contributed by atoms with E-state index in [2.05, 4.69) is 14.9 Å². The van der Waals surface area contributed by atoms with Crippen molar-refractivity contribution < 1.29 is 9.53 Å². The van der Waals surface area contributed by atoms with Gasteiger partial charge in [0.2, 0.25) is 0 Å². The average Bonchev–Trinajstić information content (AvgIpc) is 2.68. The zero-order valence-electron chi connectivity index (χ0n) is 14.6. The van der Waals surface area contributed by atoms with Crippen LogP contribution in [-0.2, 0) is 4.74 Å². The molecular formula is C18H23N5O2. The fourth-order valence-corrected chi connectivity index (χ4v) is 2.81. The van der Waals surface area contributed by atoms with E-state index in [9.17, 15) is 4.79 Å². The molecule has 1 amide bonds. The van der Waals surface area contributed by atoms with Crippen LogP contribution in [0.5, 0.6) is 0 Å². The number of benzene rings is 1. The van der Waals surface area contributed by atoms with Crippen molar-refractivity contribution in [2.45, 2.75) is 6.92 Å². The van der Waals surface area contributed by atoms with E-state index in [-0.39, 0.29) is 6.09 Å². The van der Waals surface area contributed by atoms with Crippen LogP contribution in [0, 0.1) is 0 Å². The van der Waals surface area contributed by atoms with Crippen LogP contribution < -0.4 is 9.80 Å². The molecule has 7 heteroatoms. The van der Waals surface area contributed by atoms with Crippen molar-refractivity contribution in [3.05, 3.63) is 42.7 Å². The molecular weight excluding hydrogens is 318 g/mol. The summed E-state index contributed by atoms with van der Waals surface area (Å²) in [5.74, 6) is 1.71. The number of amides is 1. The number of carbonyl (C=O) groups excluding carboxylic acids is 1. The van der Waals surface area contributed by atoms with Crippen LogP contribution in [0.3, 0.4) is 0 Å². The molecule has 7 nitrogen and oxygen atoms in total. The van der Waals surface area contributed by atoms with Crippen LogP contribution in [0.4, 0.5) is 22.1 Å². The largest absolute Gasteiger partial charge is 0.450 e. The fraction of sp³-hybridized carbons (Fsp3) is 0.389. The van der Waals surface area contributed by atoms with Gasteiger partial charge < -0.3 is 19.4 Å². The quantitative estimate of drug-likeness (QED) is 0.852. The molecule has 0 saturated carbocycles. The Bertz CT molecular complexity index is 702. The first-order chi connectivity index (χ1) is 12.2. The summed E-state index contributed by atoms with van der Waals surface area (Å²) in [5.41, 5.74) is 1.07. The zero-order valence-corrected chi connectivity index (χ0v) is 14.6. The number of anilines is 3. The first-order valence-electron chi connectivity index (χ1n) is 8.46. The highest BCUT2D eigenvalue weighted by Crippen LogP contribution is 2.24. The monoisotopic (exact) mass is 341 g/mol. The number of para-hydroxylation sites is 1. The molecule has 2 heterocycles. The highest BCUT2D eigenvalue weighted by molar-refractivity contribution is 5.68. The average molecular weight is 341 g/mol. The molecule has 1 saturated heterocycles. The van der Waals surface area contributed by atoms with E-state index in [1.165, 1.54) is 0 Å². The summed E-state index contributed by atoms with van der Waals surface area (Å²) in [6, 6.07) is 12.1. The Kier molecular flexibility index (Phi) is 5.33. The molecule has 0 spiro atoms. The Balaban J connectivity index is 1.67. The lowest BCUT2D eigenvalue weighted by Gasteiger charge is -2.34. The summed E-state index contributed by atoms with van der Waals surface area (Å²) >= 11 is 0. The minimum Gasteiger partial charge on any atom is -0.450 e. The Labute approximate surface area is 147 Å². The van der Waals surface area contributed by atoms with Gasteiger partial charge in [0.15, 0.2) is 0 Å². The summed E-state index contributed by atoms with van der Waals surface area (Å²) in [5, 5.41) is 0. The maximum Gasteiger partial charge on any atom is 0.409 e. The van der Waals surface area contributed by atoms with Gasteiger partial charge >= 0.3 is 6.09 Å². The third kappa shape index (κ3) is 3.99. The van der Waals surface area contributed by atoms with Crippen LogP contribution in [0.2, 0.25) is 0 Å². The predicted molar refractivity (Wildman–Crippen MR) is 97.3 cm³/mol. The summed E-state index contributed by atoms with van der Waals surface area (Å²) < 4.78 is 5.06. The molecule has 1 aromatic heterocycles. The normalized spacial score (nSPS) is 14.3. The highest BCUT2D eigenvalue weighted by atomic mass is 16.6. The Hall–Kier alpha value is -2.83. The molecule has 1 aliphatic heterocycles. The molecule has 0 atom stereocenters. The van der Waals surface area contributed by atoms with Gasteiger partial charge in [-0.05, 0) is 19.1 Å². The van der Waals surface area contributed by atoms with Gasteiger partial charge in [0.1, 0.15) is 18.0 Å². The van der Waals surface area contributed by atoms with E-state index < -0.39 is 0 Å². The number of piperazine rings is 1. The van der Waals surface area contributed by atoms with Gasteiger partial charge in [-0.15, -0.1) is 0 Å². The van der Waals surface area contributed by atoms with Crippen LogP contribution in [0.15, 0.2) is 42.7 Å². The Morgan fingerprint density at radius 3 is 2.56 bits per heavy atom. The van der Waals surface area contributed by atoms with Crippen LogP contribution in [-0.4, -0.2) is 60.8 Å². The lowest BCUT2D eigenvalue weighted by Crippen LogP contribution is -2.49. The second kappa shape index (κ2) is 7.83. The van der Waals surface area contributed by atoms with E-state index in [1.807, 2.05) is 55.3 Å². The number of carbonyl (C=O) groups is 1. The van der Waals surface area contributed by atoms with E-state index in [1.54, 1.807) is 11.2 Å². The van der Waals surface area contributed by atoms with Gasteiger partial charge in [0.25, 0.3) is 0 Å². The van der Waals surface area contributed by atoms with Crippen molar-refractivity contribution in [2.75, 3.05) is 49.6 Å². The number of rotatable bonds is 4. The van der Waals surface area contributed by atoms with E-state index in [0.29, 0.717) is 19.7 Å². The molecule has 3 rings (SSSR count). The van der Waals surface area contributed by atoms with Crippen LogP contribution >= 0.6 is 0 Å². The number of aromatic nitrogens is 2. The van der Waals surface area contributed by atoms with Gasteiger partial charge in [-0.1, -0.05) is 18.2 Å². The van der Waals surface area contributed by atoms with Crippen LogP contribution in [0.1, 0.15) is 6.92 Å². The van der Waals surface area contributed by atoms with Gasteiger partial charge in [-0.25, -0.2) is 14.8 Å². The maximum absolute atomic E-state index is 11.8. The fourth-order valence-electron chi connectivity index (χ4n) is 2.81. The maximum atomic E-state index is 11.8. The Morgan fingerprint density at radius 1 is 1.16 bits per heavy atom. The second-order valence-electron chi connectivity index (χ2n) is 5.80. The molecule has 0 bridgehead atoms. The first-order valence-corrected chi connectivity index (χ1v) is 8.46. The molecule has 132 valence electrons. The van der Waals surface area contributed by atoms with E-state index in [4.69, 9.17) is 4.74 Å². The highest BCUT2D eigenvalue weighted by Gasteiger charge is 2.23. The molecule has 2 aromatic rings. The van der Waals surface area contributed by atoms with Crippen molar-refractivity contribution in [1.82, 2.24) is 14.9 Å². The molecule has 0 unspecified atom stereocenters. The van der Waals surface area contributed by atoms with Crippen molar-refractivity contribution in [1.29, 1.82) is 0 Å². The van der Waals surface area contributed by atoms with Gasteiger partial charge in [-0.3, -0.25) is 0 Å². The molecule has 25 heavy (non-hydrogen) atoms. The smallest absolute Gasteiger partial charge is 0.409 e. The number of nitrogens with zero attached hydrogens (tertiary/aromatic N) is 5. The first kappa shape index (κ1) is 17.0. The number of hydrogen-bond donors (Lipinski definition) is 0. The minimum atomic E-state index is -0.241. The van der Waals surface area contributed by atoms with Gasteiger partial charge in [0.05, 0.1) is 6.61 Å². The molecule has 1 fully saturated rings. The topological polar surface area (TPSA) is 61.8 Å². The number of hydrogen-bond acceptors (Lipinski definition) is 6. The predicted octanol–water partition coefficient (Wildman–Crippen LogP) is 2.52. The third-order valence-electron chi connectivity index (χ3n) is 4.26. The summed E-state index contributed by atoms with van der Waals surface area (Å²) in [6.07, 6.45) is 1.34. The van der Waals surface area contributed by atoms with Crippen molar-refractivity contribution in [3.8, 4) is 0 Å². The van der Waals surface area contributed by atoms with E-state index >= 15 is 0 Å².